The first-order valence-corrected chi connectivity index (χ1v) is 16.3. The van der Waals surface area contributed by atoms with Gasteiger partial charge in [-0.05, 0) is 45.2 Å². The zero-order chi connectivity index (χ0) is 33.7. The van der Waals surface area contributed by atoms with E-state index in [-0.39, 0.29) is 44.1 Å². The Balaban J connectivity index is 0.00000143. The summed E-state index contributed by atoms with van der Waals surface area (Å²) >= 11 is 0. The van der Waals surface area contributed by atoms with Gasteiger partial charge in [0.1, 0.15) is 24.6 Å². The molecule has 1 saturated heterocycles. The molecule has 11 heteroatoms. The lowest BCUT2D eigenvalue weighted by Crippen LogP contribution is -2.48. The van der Waals surface area contributed by atoms with Gasteiger partial charge in [0, 0.05) is 38.3 Å². The molecule has 1 fully saturated rings. The second kappa shape index (κ2) is 19.0. The third kappa shape index (κ3) is 10.3. The van der Waals surface area contributed by atoms with Gasteiger partial charge in [0.2, 0.25) is 5.91 Å². The van der Waals surface area contributed by atoms with E-state index in [4.69, 9.17) is 9.47 Å². The van der Waals surface area contributed by atoms with E-state index in [0.717, 1.165) is 31.5 Å². The van der Waals surface area contributed by atoms with Crippen LogP contribution in [0.5, 0.6) is 0 Å². The van der Waals surface area contributed by atoms with Crippen molar-refractivity contribution in [2.24, 2.45) is 0 Å². The normalized spacial score (nSPS) is 17.0. The summed E-state index contributed by atoms with van der Waals surface area (Å²) in [4.78, 5) is 56.4. The highest BCUT2D eigenvalue weighted by Gasteiger charge is 2.43. The number of amides is 3. The Morgan fingerprint density at radius 1 is 0.913 bits per heavy atom. The fraction of sp³-hybridized carbons (Fsp3) is 0.600. The minimum absolute atomic E-state index is 0. The van der Waals surface area contributed by atoms with Crippen LogP contribution in [0, 0.1) is 0 Å². The fourth-order valence-corrected chi connectivity index (χ4v) is 5.40. The molecule has 11 nitrogen and oxygen atoms in total. The lowest BCUT2D eigenvalue weighted by Gasteiger charge is -2.34. The molecular weight excluding hydrogens is 586 g/mol. The summed E-state index contributed by atoms with van der Waals surface area (Å²) in [6, 6.07) is 12.1. The number of alkyl carbamates (subject to hydrolysis) is 1. The quantitative estimate of drug-likeness (QED) is 0.391. The van der Waals surface area contributed by atoms with Crippen molar-refractivity contribution in [3.8, 4) is 0 Å². The van der Waals surface area contributed by atoms with Gasteiger partial charge in [-0.2, -0.15) is 0 Å². The number of pyridine rings is 1. The maximum absolute atomic E-state index is 13.1. The lowest BCUT2D eigenvalue weighted by molar-refractivity contribution is -0.117. The number of ether oxygens (including phenoxy) is 2. The molecule has 46 heavy (non-hydrogen) atoms. The van der Waals surface area contributed by atoms with Crippen LogP contribution in [0.1, 0.15) is 94.2 Å². The zero-order valence-corrected chi connectivity index (χ0v) is 28.6. The fourth-order valence-electron chi connectivity index (χ4n) is 5.40. The topological polar surface area (TPSA) is 113 Å². The molecule has 258 valence electrons. The summed E-state index contributed by atoms with van der Waals surface area (Å²) in [5, 5.41) is 2.94. The third-order valence-corrected chi connectivity index (χ3v) is 7.18. The van der Waals surface area contributed by atoms with Gasteiger partial charge in [0.25, 0.3) is 5.56 Å². The van der Waals surface area contributed by atoms with Crippen LogP contribution in [0.4, 0.5) is 21.1 Å². The number of hydrogen-bond acceptors (Lipinski definition) is 7. The Kier molecular flexibility index (Phi) is 16.5. The van der Waals surface area contributed by atoms with E-state index < -0.39 is 17.8 Å². The maximum Gasteiger partial charge on any atom is 0.415 e. The smallest absolute Gasteiger partial charge is 0.415 e. The highest BCUT2D eigenvalue weighted by atomic mass is 16.6. The van der Waals surface area contributed by atoms with Gasteiger partial charge in [0.15, 0.2) is 0 Å². The van der Waals surface area contributed by atoms with Crippen molar-refractivity contribution >= 4 is 29.6 Å². The molecule has 0 radical (unpaired) electrons. The van der Waals surface area contributed by atoms with Crippen molar-refractivity contribution < 1.29 is 23.9 Å². The first kappa shape index (κ1) is 40.2. The molecule has 1 unspecified atom stereocenters. The van der Waals surface area contributed by atoms with Crippen LogP contribution in [0.15, 0.2) is 47.3 Å². The highest BCUT2D eigenvalue weighted by molar-refractivity contribution is 6.09. The average molecular weight is 644 g/mol. The third-order valence-electron chi connectivity index (χ3n) is 7.18. The second-order valence-corrected chi connectivity index (χ2v) is 11.3. The van der Waals surface area contributed by atoms with E-state index in [0.29, 0.717) is 24.6 Å². The zero-order valence-electron chi connectivity index (χ0n) is 28.6. The van der Waals surface area contributed by atoms with E-state index in [9.17, 15) is 19.2 Å². The number of nitrogens with zero attached hydrogens (tertiary/aromatic N) is 4. The lowest BCUT2D eigenvalue weighted by atomic mass is 10.0. The van der Waals surface area contributed by atoms with Crippen molar-refractivity contribution in [3.63, 3.8) is 0 Å². The minimum atomic E-state index is -0.628. The molecule has 2 aromatic rings. The molecule has 1 atom stereocenters. The van der Waals surface area contributed by atoms with Crippen molar-refractivity contribution in [1.82, 2.24) is 14.8 Å². The number of carbonyl (C=O) groups excluding carboxylic acids is 3. The molecule has 0 bridgehead atoms. The van der Waals surface area contributed by atoms with Crippen LogP contribution in [0.3, 0.4) is 0 Å². The molecule has 5 rings (SSSR count). The van der Waals surface area contributed by atoms with E-state index >= 15 is 0 Å². The van der Waals surface area contributed by atoms with E-state index in [1.54, 1.807) is 15.5 Å². The number of piperidine rings is 1. The highest BCUT2D eigenvalue weighted by Crippen LogP contribution is 2.39. The van der Waals surface area contributed by atoms with Crippen LogP contribution in [-0.2, 0) is 20.9 Å². The van der Waals surface area contributed by atoms with Crippen LogP contribution in [0.25, 0.3) is 0 Å². The van der Waals surface area contributed by atoms with E-state index in [1.807, 2.05) is 92.6 Å². The van der Waals surface area contributed by atoms with Gasteiger partial charge in [-0.25, -0.2) is 9.59 Å². The molecule has 0 saturated carbocycles. The first-order valence-electron chi connectivity index (χ1n) is 16.3. The van der Waals surface area contributed by atoms with Crippen molar-refractivity contribution in [2.45, 2.75) is 107 Å². The van der Waals surface area contributed by atoms with Gasteiger partial charge < -0.3 is 19.7 Å². The Hall–Kier alpha value is -3.86. The summed E-state index contributed by atoms with van der Waals surface area (Å²) in [6.45, 7) is 19.9. The maximum atomic E-state index is 13.1. The first-order chi connectivity index (χ1) is 21.6. The van der Waals surface area contributed by atoms with Crippen molar-refractivity contribution in [3.05, 3.63) is 58.4 Å². The SMILES string of the molecule is C.CC.CC.CC.CC(C)(C)OC(=O)NC1CCN(CC2CN3C(=O)CN(C(=O)OCc4ccccc4)c4ccc(=O)n2c43)CC1. The number of rotatable bonds is 5. The van der Waals surface area contributed by atoms with E-state index in [1.165, 1.54) is 11.0 Å². The molecular formula is C35H57N5O6. The van der Waals surface area contributed by atoms with Gasteiger partial charge in [-0.1, -0.05) is 79.3 Å². The number of nitrogens with one attached hydrogen (secondary N) is 1. The molecule has 0 aliphatic carbocycles. The second-order valence-electron chi connectivity index (χ2n) is 11.3. The van der Waals surface area contributed by atoms with Crippen LogP contribution in [-0.4, -0.2) is 71.9 Å². The predicted molar refractivity (Wildman–Crippen MR) is 186 cm³/mol. The minimum Gasteiger partial charge on any atom is -0.444 e. The summed E-state index contributed by atoms with van der Waals surface area (Å²) in [7, 11) is 0. The van der Waals surface area contributed by atoms with Crippen LogP contribution in [0.2, 0.25) is 0 Å². The molecule has 0 spiro atoms. The molecule has 1 aromatic heterocycles. The molecule has 4 heterocycles. The number of aromatic nitrogens is 1. The molecule has 1 N–H and O–H groups in total. The average Bonchev–Trinajstić information content (AvgIpc) is 3.43. The standard InChI is InChI=1S/C28H35N5O6.3C2H6.CH4/c1-28(2,3)39-26(36)29-20-11-13-30(14-12-20)15-21-16-32-24(35)17-31(22-9-10-23(34)33(21)25(22)32)27(37)38-18-19-7-5-4-6-8-19;3*1-2;/h4-10,20-21H,11-18H2,1-3H3,(H,29,36);3*1-2H3;1H4. The molecule has 3 aliphatic heterocycles. The van der Waals surface area contributed by atoms with Gasteiger partial charge >= 0.3 is 12.2 Å². The van der Waals surface area contributed by atoms with Gasteiger partial charge in [0.05, 0.1) is 11.7 Å². The van der Waals surface area contributed by atoms with Crippen LogP contribution < -0.4 is 20.7 Å². The number of anilines is 2. The molecule has 3 amide bonds. The molecule has 3 aliphatic rings. The summed E-state index contributed by atoms with van der Waals surface area (Å²) in [5.74, 6) is 0.197. The molecule has 1 aromatic carbocycles. The Morgan fingerprint density at radius 3 is 2.11 bits per heavy atom. The van der Waals surface area contributed by atoms with Crippen molar-refractivity contribution in [2.75, 3.05) is 42.5 Å². The number of likely N-dealkylation sites (tertiary alicyclic amines) is 1. The largest absolute Gasteiger partial charge is 0.444 e. The number of carbonyl (C=O) groups is 3. The van der Waals surface area contributed by atoms with Gasteiger partial charge in [-0.3, -0.25) is 24.0 Å². The van der Waals surface area contributed by atoms with Crippen molar-refractivity contribution in [1.29, 1.82) is 0 Å². The van der Waals surface area contributed by atoms with E-state index in [2.05, 4.69) is 10.2 Å². The number of hydrogen-bond donors (Lipinski definition) is 1. The summed E-state index contributed by atoms with van der Waals surface area (Å²) in [6.07, 6.45) is 0.481. The summed E-state index contributed by atoms with van der Waals surface area (Å²) in [5.41, 5.74) is 0.578. The Bertz CT molecular complexity index is 1300. The number of benzene rings is 1. The Labute approximate surface area is 275 Å². The Morgan fingerprint density at radius 2 is 1.52 bits per heavy atom. The monoisotopic (exact) mass is 643 g/mol. The predicted octanol–water partition coefficient (Wildman–Crippen LogP) is 6.60. The van der Waals surface area contributed by atoms with Crippen LogP contribution >= 0.6 is 0 Å². The van der Waals surface area contributed by atoms with Gasteiger partial charge in [-0.15, -0.1) is 0 Å². The summed E-state index contributed by atoms with van der Waals surface area (Å²) < 4.78 is 12.5.